The van der Waals surface area contributed by atoms with Gasteiger partial charge < -0.3 is 9.84 Å². The number of aromatic nitrogens is 2. The van der Waals surface area contributed by atoms with Crippen molar-refractivity contribution in [2.75, 3.05) is 4.90 Å². The molecule has 1 aromatic heterocycles. The monoisotopic (exact) mass is 665 g/mol. The summed E-state index contributed by atoms with van der Waals surface area (Å²) in [7, 11) is 0. The van der Waals surface area contributed by atoms with Crippen molar-refractivity contribution in [1.29, 1.82) is 0 Å². The van der Waals surface area contributed by atoms with Gasteiger partial charge in [0.2, 0.25) is 5.13 Å². The van der Waals surface area contributed by atoms with E-state index in [1.807, 2.05) is 55.5 Å². The van der Waals surface area contributed by atoms with Crippen LogP contribution in [-0.2, 0) is 21.9 Å². The van der Waals surface area contributed by atoms with E-state index in [0.717, 1.165) is 22.3 Å². The number of aliphatic hydroxyl groups excluding tert-OH is 1. The number of carbonyl (C=O) groups excluding carboxylic acids is 2. The highest BCUT2D eigenvalue weighted by Gasteiger charge is 2.48. The highest BCUT2D eigenvalue weighted by molar-refractivity contribution is 8.00. The molecule has 6 rings (SSSR count). The van der Waals surface area contributed by atoms with Gasteiger partial charge in [-0.15, -0.1) is 10.2 Å². The van der Waals surface area contributed by atoms with Gasteiger partial charge >= 0.3 is 5.91 Å². The van der Waals surface area contributed by atoms with Crippen LogP contribution in [0.25, 0.3) is 5.76 Å². The molecule has 2 heterocycles. The van der Waals surface area contributed by atoms with Gasteiger partial charge in [-0.2, -0.15) is 0 Å². The summed E-state index contributed by atoms with van der Waals surface area (Å²) in [5.41, 5.74) is 5.20. The summed E-state index contributed by atoms with van der Waals surface area (Å²) >= 11 is 2.58. The van der Waals surface area contributed by atoms with Crippen LogP contribution in [0, 0.1) is 12.7 Å². The van der Waals surface area contributed by atoms with Crippen LogP contribution in [0.1, 0.15) is 59.2 Å². The van der Waals surface area contributed by atoms with Crippen molar-refractivity contribution in [2.45, 2.75) is 49.4 Å². The van der Waals surface area contributed by atoms with Crippen molar-refractivity contribution in [2.24, 2.45) is 0 Å². The lowest BCUT2D eigenvalue weighted by Crippen LogP contribution is -2.29. The quantitative estimate of drug-likeness (QED) is 0.0525. The molecule has 10 heteroatoms. The van der Waals surface area contributed by atoms with E-state index in [1.54, 1.807) is 36.4 Å². The van der Waals surface area contributed by atoms with Gasteiger partial charge in [0.15, 0.2) is 4.34 Å². The predicted octanol–water partition coefficient (Wildman–Crippen LogP) is 8.61. The first-order valence-electron chi connectivity index (χ1n) is 15.1. The number of anilines is 1. The van der Waals surface area contributed by atoms with E-state index in [1.165, 1.54) is 40.1 Å². The Morgan fingerprint density at radius 3 is 2.34 bits per heavy atom. The second-order valence-electron chi connectivity index (χ2n) is 11.5. The number of ketones is 1. The average Bonchev–Trinajstić information content (AvgIpc) is 3.65. The predicted molar refractivity (Wildman–Crippen MR) is 183 cm³/mol. The van der Waals surface area contributed by atoms with E-state index in [2.05, 4.69) is 24.0 Å². The third kappa shape index (κ3) is 6.99. The van der Waals surface area contributed by atoms with Crippen LogP contribution >= 0.6 is 23.1 Å². The number of benzene rings is 4. The molecule has 1 N–H and O–H groups in total. The topological polar surface area (TPSA) is 92.6 Å². The Labute approximate surface area is 280 Å². The number of thioether (sulfide) groups is 1. The van der Waals surface area contributed by atoms with Crippen molar-refractivity contribution in [3.8, 4) is 5.75 Å². The SMILES string of the molecule is Cc1ccccc1COc1ccc(/C(O)=C2\C(=O)C(=O)N(c3nnc(SCc4ccc(F)cc4)s3)C2c2ccc(C(C)C)cc2)cc1. The number of halogens is 1. The summed E-state index contributed by atoms with van der Waals surface area (Å²) in [5.74, 6) is -0.791. The first-order valence-corrected chi connectivity index (χ1v) is 16.9. The third-order valence-corrected chi connectivity index (χ3v) is 10.2. The van der Waals surface area contributed by atoms with Crippen LogP contribution in [0.5, 0.6) is 5.75 Å². The molecule has 0 spiro atoms. The zero-order chi connectivity index (χ0) is 33.1. The van der Waals surface area contributed by atoms with Crippen LogP contribution in [0.15, 0.2) is 107 Å². The number of amides is 1. The molecule has 47 heavy (non-hydrogen) atoms. The second kappa shape index (κ2) is 13.9. The zero-order valence-corrected chi connectivity index (χ0v) is 27.6. The molecule has 1 atom stereocenters. The average molecular weight is 666 g/mol. The summed E-state index contributed by atoms with van der Waals surface area (Å²) in [6.07, 6.45) is 0. The summed E-state index contributed by atoms with van der Waals surface area (Å²) < 4.78 is 19.9. The van der Waals surface area contributed by atoms with E-state index in [9.17, 15) is 19.1 Å². The fraction of sp³-hybridized carbons (Fsp3) is 0.189. The molecule has 1 unspecified atom stereocenters. The van der Waals surface area contributed by atoms with Crippen LogP contribution in [0.4, 0.5) is 9.52 Å². The molecule has 7 nitrogen and oxygen atoms in total. The Morgan fingerprint density at radius 2 is 1.66 bits per heavy atom. The van der Waals surface area contributed by atoms with Gasteiger partial charge in [0.25, 0.3) is 5.78 Å². The maximum Gasteiger partial charge on any atom is 0.301 e. The van der Waals surface area contributed by atoms with Gasteiger partial charge in [-0.1, -0.05) is 97.6 Å². The Hall–Kier alpha value is -4.80. The summed E-state index contributed by atoms with van der Waals surface area (Å²) in [5, 5.41) is 20.4. The summed E-state index contributed by atoms with van der Waals surface area (Å²) in [6, 6.07) is 27.7. The van der Waals surface area contributed by atoms with E-state index in [0.29, 0.717) is 33.6 Å². The van der Waals surface area contributed by atoms with Gasteiger partial charge in [0.05, 0.1) is 11.6 Å². The molecule has 0 bridgehead atoms. The van der Waals surface area contributed by atoms with Crippen LogP contribution in [0.3, 0.4) is 0 Å². The number of ether oxygens (including phenoxy) is 1. The maximum atomic E-state index is 13.7. The minimum Gasteiger partial charge on any atom is -0.507 e. The minimum absolute atomic E-state index is 0.0309. The molecule has 1 aliphatic rings. The number of aliphatic hydroxyl groups is 1. The number of rotatable bonds is 10. The highest BCUT2D eigenvalue weighted by atomic mass is 32.2. The maximum absolute atomic E-state index is 13.7. The van der Waals surface area contributed by atoms with Gasteiger partial charge in [-0.05, 0) is 77.1 Å². The van der Waals surface area contributed by atoms with E-state index in [4.69, 9.17) is 4.74 Å². The molecular formula is C37H32FN3O4S2. The second-order valence-corrected chi connectivity index (χ2v) is 13.7. The van der Waals surface area contributed by atoms with Crippen molar-refractivity contribution < 1.29 is 23.8 Å². The van der Waals surface area contributed by atoms with Crippen LogP contribution in [-0.4, -0.2) is 27.0 Å². The summed E-state index contributed by atoms with van der Waals surface area (Å²) in [4.78, 5) is 28.6. The van der Waals surface area contributed by atoms with Gasteiger partial charge in [-0.3, -0.25) is 14.5 Å². The van der Waals surface area contributed by atoms with E-state index in [-0.39, 0.29) is 28.2 Å². The fourth-order valence-electron chi connectivity index (χ4n) is 5.29. The van der Waals surface area contributed by atoms with Crippen molar-refractivity contribution in [1.82, 2.24) is 10.2 Å². The van der Waals surface area contributed by atoms with Gasteiger partial charge in [0, 0.05) is 11.3 Å². The van der Waals surface area contributed by atoms with Crippen molar-refractivity contribution in [3.05, 3.63) is 142 Å². The highest BCUT2D eigenvalue weighted by Crippen LogP contribution is 2.44. The molecule has 1 amide bonds. The Balaban J connectivity index is 1.31. The lowest BCUT2D eigenvalue weighted by molar-refractivity contribution is -0.132. The lowest BCUT2D eigenvalue weighted by atomic mass is 9.93. The Bertz CT molecular complexity index is 1940. The first kappa shape index (κ1) is 32.2. The normalized spacial score (nSPS) is 15.9. The first-order chi connectivity index (χ1) is 22.7. The molecule has 4 aromatic carbocycles. The Morgan fingerprint density at radius 1 is 0.957 bits per heavy atom. The molecule has 0 radical (unpaired) electrons. The number of carbonyl (C=O) groups is 2. The number of hydrogen-bond acceptors (Lipinski definition) is 8. The molecule has 5 aromatic rings. The molecule has 0 saturated carbocycles. The number of hydrogen-bond donors (Lipinski definition) is 1. The Kier molecular flexibility index (Phi) is 9.51. The van der Waals surface area contributed by atoms with E-state index < -0.39 is 17.7 Å². The molecule has 1 aliphatic heterocycles. The van der Waals surface area contributed by atoms with Crippen molar-refractivity contribution >= 4 is 45.7 Å². The number of nitrogens with zero attached hydrogens (tertiary/aromatic N) is 3. The molecule has 0 aliphatic carbocycles. The molecule has 1 saturated heterocycles. The zero-order valence-electron chi connectivity index (χ0n) is 26.0. The van der Waals surface area contributed by atoms with Gasteiger partial charge in [-0.25, -0.2) is 4.39 Å². The minimum atomic E-state index is -0.920. The molecular weight excluding hydrogens is 634 g/mol. The van der Waals surface area contributed by atoms with Gasteiger partial charge in [0.1, 0.15) is 23.9 Å². The van der Waals surface area contributed by atoms with Crippen molar-refractivity contribution in [3.63, 3.8) is 0 Å². The number of Topliss-reactive ketones (excluding diaryl/α,β-unsaturated/α-hetero) is 1. The smallest absolute Gasteiger partial charge is 0.301 e. The largest absolute Gasteiger partial charge is 0.507 e. The lowest BCUT2D eigenvalue weighted by Gasteiger charge is -2.23. The summed E-state index contributed by atoms with van der Waals surface area (Å²) in [6.45, 7) is 6.59. The van der Waals surface area contributed by atoms with Crippen LogP contribution < -0.4 is 9.64 Å². The standard InChI is InChI=1S/C37H32FN3O4S2/c1-22(2)25-10-12-26(13-11-25)32-31(33(42)27-14-18-30(19-15-27)45-20-28-7-5-4-6-23(28)3)34(43)35(44)41(32)36-39-40-37(47-36)46-21-24-8-16-29(38)17-9-24/h4-19,22,32,42H,20-21H2,1-3H3/b33-31+. The number of aryl methyl sites for hydroxylation is 1. The molecule has 1 fully saturated rings. The van der Waals surface area contributed by atoms with Crippen LogP contribution in [0.2, 0.25) is 0 Å². The molecule has 238 valence electrons. The fourth-order valence-corrected chi connectivity index (χ4v) is 7.11. The third-order valence-electron chi connectivity index (χ3n) is 8.02. The van der Waals surface area contributed by atoms with E-state index >= 15 is 0 Å².